The summed E-state index contributed by atoms with van der Waals surface area (Å²) in [5, 5.41) is 4.04. The van der Waals surface area contributed by atoms with E-state index in [1.54, 1.807) is 32.2 Å². The number of hydrogen-bond acceptors (Lipinski definition) is 5. The maximum atomic E-state index is 12.7. The Morgan fingerprint density at radius 3 is 2.79 bits per heavy atom. The molecule has 3 rings (SSSR count). The fraction of sp³-hybridized carbons (Fsp3) is 0.353. The predicted molar refractivity (Wildman–Crippen MR) is 88.8 cm³/mol. The normalized spacial score (nSPS) is 13.6. The first-order valence-electron chi connectivity index (χ1n) is 7.72. The number of carbonyl (C=O) groups is 2. The molecule has 1 aromatic carbocycles. The molecule has 126 valence electrons. The van der Waals surface area contributed by atoms with Gasteiger partial charge in [-0.05, 0) is 38.0 Å². The van der Waals surface area contributed by atoms with Crippen LogP contribution in [0.1, 0.15) is 47.4 Å². The largest absolute Gasteiger partial charge is 0.449 e. The van der Waals surface area contributed by atoms with Crippen LogP contribution < -0.4 is 4.90 Å². The van der Waals surface area contributed by atoms with E-state index in [0.29, 0.717) is 27.6 Å². The number of nitrogens with zero attached hydrogens (tertiary/aromatic N) is 2. The Morgan fingerprint density at radius 1 is 1.42 bits per heavy atom. The van der Waals surface area contributed by atoms with E-state index in [0.717, 1.165) is 12.8 Å². The van der Waals surface area contributed by atoms with Crippen molar-refractivity contribution in [1.82, 2.24) is 5.16 Å². The Hall–Kier alpha value is -2.34. The Bertz CT molecular complexity index is 783. The number of benzene rings is 1. The number of aromatic nitrogens is 1. The quantitative estimate of drug-likeness (QED) is 0.763. The van der Waals surface area contributed by atoms with Crippen LogP contribution in [0.4, 0.5) is 10.5 Å². The molecule has 1 amide bonds. The molecule has 0 bridgehead atoms. The molecule has 0 saturated heterocycles. The van der Waals surface area contributed by atoms with E-state index in [-0.39, 0.29) is 18.3 Å². The molecule has 0 radical (unpaired) electrons. The Kier molecular flexibility index (Phi) is 4.57. The van der Waals surface area contributed by atoms with Crippen molar-refractivity contribution in [3.8, 4) is 0 Å². The molecule has 0 atom stereocenters. The summed E-state index contributed by atoms with van der Waals surface area (Å²) in [5.41, 5.74) is 1.37. The molecule has 1 saturated carbocycles. The summed E-state index contributed by atoms with van der Waals surface area (Å²) in [6.45, 7) is 2.00. The fourth-order valence-electron chi connectivity index (χ4n) is 2.45. The number of ketones is 1. The molecule has 1 aliphatic rings. The number of ether oxygens (including phenoxy) is 1. The molecular formula is C17H17ClN2O4. The zero-order valence-corrected chi connectivity index (χ0v) is 14.2. The van der Waals surface area contributed by atoms with Gasteiger partial charge >= 0.3 is 6.09 Å². The van der Waals surface area contributed by atoms with Crippen LogP contribution in [0.5, 0.6) is 0 Å². The summed E-state index contributed by atoms with van der Waals surface area (Å²) in [7, 11) is 1.56. The SMILES string of the molecule is CCOC(=O)N(C)c1ccc(C(=O)c2cnoc2C2CC2)cc1Cl. The highest BCUT2D eigenvalue weighted by atomic mass is 35.5. The lowest BCUT2D eigenvalue weighted by molar-refractivity contribution is 0.103. The maximum absolute atomic E-state index is 12.7. The highest BCUT2D eigenvalue weighted by Gasteiger charge is 2.32. The van der Waals surface area contributed by atoms with E-state index in [1.807, 2.05) is 0 Å². The van der Waals surface area contributed by atoms with Crippen molar-refractivity contribution in [3.05, 3.63) is 46.3 Å². The van der Waals surface area contributed by atoms with Gasteiger partial charge in [0.1, 0.15) is 0 Å². The van der Waals surface area contributed by atoms with Gasteiger partial charge in [0.15, 0.2) is 11.5 Å². The topological polar surface area (TPSA) is 72.6 Å². The molecular weight excluding hydrogens is 332 g/mol. The number of hydrogen-bond donors (Lipinski definition) is 0. The lowest BCUT2D eigenvalue weighted by atomic mass is 10.0. The molecule has 1 aromatic heterocycles. The van der Waals surface area contributed by atoms with Gasteiger partial charge in [-0.25, -0.2) is 4.79 Å². The Morgan fingerprint density at radius 2 is 2.17 bits per heavy atom. The molecule has 2 aromatic rings. The van der Waals surface area contributed by atoms with Gasteiger partial charge in [0.25, 0.3) is 0 Å². The third-order valence-corrected chi connectivity index (χ3v) is 4.21. The van der Waals surface area contributed by atoms with Gasteiger partial charge in [-0.2, -0.15) is 0 Å². The minimum absolute atomic E-state index is 0.189. The number of amides is 1. The van der Waals surface area contributed by atoms with E-state index < -0.39 is 6.09 Å². The van der Waals surface area contributed by atoms with Gasteiger partial charge < -0.3 is 9.26 Å². The molecule has 1 fully saturated rings. The summed E-state index contributed by atoms with van der Waals surface area (Å²) in [6, 6.07) is 4.79. The van der Waals surface area contributed by atoms with Crippen molar-refractivity contribution in [2.45, 2.75) is 25.7 Å². The summed E-state index contributed by atoms with van der Waals surface area (Å²) >= 11 is 6.25. The molecule has 1 aliphatic carbocycles. The summed E-state index contributed by atoms with van der Waals surface area (Å²) in [6.07, 6.45) is 2.97. The first-order chi connectivity index (χ1) is 11.5. The second kappa shape index (κ2) is 6.65. The summed E-state index contributed by atoms with van der Waals surface area (Å²) < 4.78 is 10.1. The van der Waals surface area contributed by atoms with Gasteiger partial charge in [-0.3, -0.25) is 9.69 Å². The minimum Gasteiger partial charge on any atom is -0.449 e. The van der Waals surface area contributed by atoms with Gasteiger partial charge in [-0.15, -0.1) is 0 Å². The smallest absolute Gasteiger partial charge is 0.414 e. The molecule has 7 heteroatoms. The van der Waals surface area contributed by atoms with Crippen LogP contribution in [0, 0.1) is 0 Å². The Balaban J connectivity index is 1.85. The maximum Gasteiger partial charge on any atom is 0.414 e. The average Bonchev–Trinajstić information content (AvgIpc) is 3.30. The van der Waals surface area contributed by atoms with Crippen molar-refractivity contribution in [1.29, 1.82) is 0 Å². The minimum atomic E-state index is -0.506. The van der Waals surface area contributed by atoms with Gasteiger partial charge in [0.05, 0.1) is 29.1 Å². The van der Waals surface area contributed by atoms with Crippen LogP contribution >= 0.6 is 11.6 Å². The average molecular weight is 349 g/mol. The number of carbonyl (C=O) groups excluding carboxylic acids is 2. The van der Waals surface area contributed by atoms with Crippen LogP contribution in [0.3, 0.4) is 0 Å². The highest BCUT2D eigenvalue weighted by Crippen LogP contribution is 2.42. The van der Waals surface area contributed by atoms with E-state index in [1.165, 1.54) is 11.1 Å². The standard InChI is InChI=1S/C17H17ClN2O4/c1-3-23-17(22)20(2)14-7-6-11(8-13(14)18)15(21)12-9-19-24-16(12)10-4-5-10/h6-10H,3-5H2,1-2H3. The zero-order valence-electron chi connectivity index (χ0n) is 13.4. The lowest BCUT2D eigenvalue weighted by Gasteiger charge is -2.18. The Labute approximate surface area is 144 Å². The van der Waals surface area contributed by atoms with Crippen LogP contribution in [0.2, 0.25) is 5.02 Å². The van der Waals surface area contributed by atoms with Crippen LogP contribution in [-0.4, -0.2) is 30.7 Å². The summed E-state index contributed by atoms with van der Waals surface area (Å²) in [4.78, 5) is 25.8. The molecule has 0 N–H and O–H groups in total. The van der Waals surface area contributed by atoms with E-state index >= 15 is 0 Å². The monoisotopic (exact) mass is 348 g/mol. The van der Waals surface area contributed by atoms with Gasteiger partial charge in [0.2, 0.25) is 0 Å². The van der Waals surface area contributed by atoms with E-state index in [4.69, 9.17) is 20.9 Å². The second-order valence-corrected chi connectivity index (χ2v) is 6.04. The van der Waals surface area contributed by atoms with Gasteiger partial charge in [0, 0.05) is 18.5 Å². The van der Waals surface area contributed by atoms with Crippen LogP contribution in [0.25, 0.3) is 0 Å². The van der Waals surface area contributed by atoms with Crippen molar-refractivity contribution in [3.63, 3.8) is 0 Å². The first-order valence-corrected chi connectivity index (χ1v) is 8.10. The molecule has 0 spiro atoms. The number of halogens is 1. The third-order valence-electron chi connectivity index (χ3n) is 3.90. The first kappa shape index (κ1) is 16.5. The second-order valence-electron chi connectivity index (χ2n) is 5.63. The molecule has 1 heterocycles. The van der Waals surface area contributed by atoms with Crippen LogP contribution in [-0.2, 0) is 4.74 Å². The zero-order chi connectivity index (χ0) is 17.3. The van der Waals surface area contributed by atoms with Crippen molar-refractivity contribution in [2.24, 2.45) is 0 Å². The van der Waals surface area contributed by atoms with E-state index in [2.05, 4.69) is 5.16 Å². The highest BCUT2D eigenvalue weighted by molar-refractivity contribution is 6.34. The molecule has 0 aliphatic heterocycles. The van der Waals surface area contributed by atoms with Crippen LogP contribution in [0.15, 0.2) is 28.9 Å². The number of rotatable bonds is 5. The number of anilines is 1. The van der Waals surface area contributed by atoms with Crippen molar-refractivity contribution in [2.75, 3.05) is 18.6 Å². The molecule has 0 unspecified atom stereocenters. The predicted octanol–water partition coefficient (Wildman–Crippen LogP) is 4.03. The lowest BCUT2D eigenvalue weighted by Crippen LogP contribution is -2.27. The molecule has 6 nitrogen and oxygen atoms in total. The van der Waals surface area contributed by atoms with E-state index in [9.17, 15) is 9.59 Å². The van der Waals surface area contributed by atoms with Crippen molar-refractivity contribution < 1.29 is 18.8 Å². The van der Waals surface area contributed by atoms with Crippen molar-refractivity contribution >= 4 is 29.2 Å². The molecule has 24 heavy (non-hydrogen) atoms. The van der Waals surface area contributed by atoms with Gasteiger partial charge in [-0.1, -0.05) is 16.8 Å². The summed E-state index contributed by atoms with van der Waals surface area (Å²) in [5.74, 6) is 0.741. The third kappa shape index (κ3) is 3.14. The fourth-order valence-corrected chi connectivity index (χ4v) is 2.76.